The van der Waals surface area contributed by atoms with E-state index in [1.54, 1.807) is 0 Å². The molecule has 19 heavy (non-hydrogen) atoms. The molecule has 1 unspecified atom stereocenters. The molecule has 0 radical (unpaired) electrons. The van der Waals surface area contributed by atoms with Crippen LogP contribution in [0.4, 0.5) is 0 Å². The quantitative estimate of drug-likeness (QED) is 0.660. The number of amides is 1. The molecule has 1 fully saturated rings. The molecule has 4 heteroatoms. The standard InChI is InChI=1S/C15H30N2O2/c1-11(2)9-14(10-18)17-15(19)8-5-12-3-6-13(16)7-4-12/h11-14,18H,3-10,16H2,1-2H3,(H,17,19). The summed E-state index contributed by atoms with van der Waals surface area (Å²) in [4.78, 5) is 11.9. The molecular formula is C15H30N2O2. The van der Waals surface area contributed by atoms with Crippen LogP contribution in [0.5, 0.6) is 0 Å². The van der Waals surface area contributed by atoms with E-state index in [-0.39, 0.29) is 18.6 Å². The third-order valence-corrected chi connectivity index (χ3v) is 4.01. The number of hydrogen-bond acceptors (Lipinski definition) is 3. The van der Waals surface area contributed by atoms with Crippen LogP contribution in [0.25, 0.3) is 0 Å². The Labute approximate surface area is 117 Å². The van der Waals surface area contributed by atoms with Gasteiger partial charge >= 0.3 is 0 Å². The van der Waals surface area contributed by atoms with Crippen LogP contribution in [0.3, 0.4) is 0 Å². The lowest BCUT2D eigenvalue weighted by molar-refractivity contribution is -0.122. The van der Waals surface area contributed by atoms with Gasteiger partial charge in [0, 0.05) is 12.5 Å². The molecule has 1 amide bonds. The van der Waals surface area contributed by atoms with Crippen molar-refractivity contribution in [2.75, 3.05) is 6.61 Å². The largest absolute Gasteiger partial charge is 0.394 e. The van der Waals surface area contributed by atoms with E-state index in [1.807, 2.05) is 0 Å². The zero-order valence-corrected chi connectivity index (χ0v) is 12.4. The Morgan fingerprint density at radius 1 is 1.32 bits per heavy atom. The van der Waals surface area contributed by atoms with Crippen LogP contribution >= 0.6 is 0 Å². The van der Waals surface area contributed by atoms with Crippen molar-refractivity contribution in [3.05, 3.63) is 0 Å². The molecule has 0 aromatic carbocycles. The molecule has 0 aliphatic heterocycles. The summed E-state index contributed by atoms with van der Waals surface area (Å²) in [5.74, 6) is 1.22. The summed E-state index contributed by atoms with van der Waals surface area (Å²) in [6.45, 7) is 4.22. The minimum absolute atomic E-state index is 0.0300. The molecule has 0 saturated heterocycles. The Morgan fingerprint density at radius 3 is 2.47 bits per heavy atom. The van der Waals surface area contributed by atoms with Gasteiger partial charge in [0.05, 0.1) is 12.6 Å². The summed E-state index contributed by atoms with van der Waals surface area (Å²) in [6, 6.07) is 0.280. The van der Waals surface area contributed by atoms with Crippen LogP contribution in [0.1, 0.15) is 58.8 Å². The molecule has 1 aliphatic rings. The van der Waals surface area contributed by atoms with Gasteiger partial charge in [-0.3, -0.25) is 4.79 Å². The molecule has 1 saturated carbocycles. The summed E-state index contributed by atoms with van der Waals surface area (Å²) in [5, 5.41) is 12.2. The number of carbonyl (C=O) groups excluding carboxylic acids is 1. The second-order valence-electron chi connectivity index (χ2n) is 6.40. The van der Waals surface area contributed by atoms with Crippen molar-refractivity contribution in [2.45, 2.75) is 70.9 Å². The van der Waals surface area contributed by atoms with Gasteiger partial charge in [-0.1, -0.05) is 13.8 Å². The lowest BCUT2D eigenvalue weighted by Crippen LogP contribution is -2.38. The molecule has 0 aromatic heterocycles. The zero-order valence-electron chi connectivity index (χ0n) is 12.4. The zero-order chi connectivity index (χ0) is 14.3. The van der Waals surface area contributed by atoms with Gasteiger partial charge in [0.25, 0.3) is 0 Å². The second-order valence-corrected chi connectivity index (χ2v) is 6.40. The van der Waals surface area contributed by atoms with E-state index < -0.39 is 0 Å². The third-order valence-electron chi connectivity index (χ3n) is 4.01. The maximum Gasteiger partial charge on any atom is 0.220 e. The van der Waals surface area contributed by atoms with Crippen molar-refractivity contribution < 1.29 is 9.90 Å². The first-order valence-corrected chi connectivity index (χ1v) is 7.67. The van der Waals surface area contributed by atoms with Gasteiger partial charge in [0.2, 0.25) is 5.91 Å². The number of hydrogen-bond donors (Lipinski definition) is 3. The van der Waals surface area contributed by atoms with Crippen molar-refractivity contribution in [2.24, 2.45) is 17.6 Å². The highest BCUT2D eigenvalue weighted by Crippen LogP contribution is 2.26. The average Bonchev–Trinajstić information content (AvgIpc) is 2.36. The number of carbonyl (C=O) groups is 1. The number of aliphatic hydroxyl groups excluding tert-OH is 1. The molecule has 0 heterocycles. The molecule has 0 aromatic rings. The van der Waals surface area contributed by atoms with Crippen molar-refractivity contribution >= 4 is 5.91 Å². The second kappa shape index (κ2) is 8.54. The first-order valence-electron chi connectivity index (χ1n) is 7.67. The lowest BCUT2D eigenvalue weighted by atomic mass is 9.84. The van der Waals surface area contributed by atoms with Gasteiger partial charge in [-0.05, 0) is 50.4 Å². The molecule has 1 aliphatic carbocycles. The Hall–Kier alpha value is -0.610. The van der Waals surface area contributed by atoms with Crippen molar-refractivity contribution in [1.29, 1.82) is 0 Å². The Kier molecular flexibility index (Phi) is 7.39. The van der Waals surface area contributed by atoms with E-state index >= 15 is 0 Å². The van der Waals surface area contributed by atoms with Crippen LogP contribution < -0.4 is 11.1 Å². The minimum atomic E-state index is -0.0905. The van der Waals surface area contributed by atoms with Crippen LogP contribution in [-0.2, 0) is 4.79 Å². The summed E-state index contributed by atoms with van der Waals surface area (Å²) in [7, 11) is 0. The fraction of sp³-hybridized carbons (Fsp3) is 0.933. The van der Waals surface area contributed by atoms with Gasteiger partial charge in [0.15, 0.2) is 0 Å². The molecule has 0 bridgehead atoms. The topological polar surface area (TPSA) is 75.3 Å². The molecule has 4 nitrogen and oxygen atoms in total. The number of nitrogens with one attached hydrogen (secondary N) is 1. The van der Waals surface area contributed by atoms with Crippen LogP contribution in [0, 0.1) is 11.8 Å². The number of aliphatic hydroxyl groups is 1. The summed E-state index contributed by atoms with van der Waals surface area (Å²) >= 11 is 0. The normalized spacial score (nSPS) is 25.3. The van der Waals surface area contributed by atoms with Crippen LogP contribution in [0.2, 0.25) is 0 Å². The van der Waals surface area contributed by atoms with E-state index in [1.165, 1.54) is 0 Å². The number of rotatable bonds is 7. The highest BCUT2D eigenvalue weighted by molar-refractivity contribution is 5.76. The minimum Gasteiger partial charge on any atom is -0.394 e. The summed E-state index contributed by atoms with van der Waals surface area (Å²) < 4.78 is 0. The van der Waals surface area contributed by atoms with E-state index in [9.17, 15) is 9.90 Å². The highest BCUT2D eigenvalue weighted by atomic mass is 16.3. The molecule has 112 valence electrons. The van der Waals surface area contributed by atoms with E-state index in [4.69, 9.17) is 5.73 Å². The predicted octanol–water partition coefficient (Wildman–Crippen LogP) is 1.81. The van der Waals surface area contributed by atoms with Gasteiger partial charge in [-0.25, -0.2) is 0 Å². The Morgan fingerprint density at radius 2 is 1.95 bits per heavy atom. The molecule has 4 N–H and O–H groups in total. The fourth-order valence-corrected chi connectivity index (χ4v) is 2.86. The Bertz CT molecular complexity index is 261. The van der Waals surface area contributed by atoms with E-state index in [2.05, 4.69) is 19.2 Å². The smallest absolute Gasteiger partial charge is 0.220 e. The van der Waals surface area contributed by atoms with E-state index in [0.29, 0.717) is 24.3 Å². The SMILES string of the molecule is CC(C)CC(CO)NC(=O)CCC1CCC(N)CC1. The molecule has 1 rings (SSSR count). The summed E-state index contributed by atoms with van der Waals surface area (Å²) in [6.07, 6.45) is 6.87. The maximum absolute atomic E-state index is 11.9. The summed E-state index contributed by atoms with van der Waals surface area (Å²) in [5.41, 5.74) is 5.88. The van der Waals surface area contributed by atoms with Crippen molar-refractivity contribution in [3.63, 3.8) is 0 Å². The molecule has 1 atom stereocenters. The van der Waals surface area contributed by atoms with E-state index in [0.717, 1.165) is 38.5 Å². The molecular weight excluding hydrogens is 240 g/mol. The van der Waals surface area contributed by atoms with Crippen LogP contribution in [0.15, 0.2) is 0 Å². The first-order chi connectivity index (χ1) is 9.01. The van der Waals surface area contributed by atoms with Gasteiger partial charge in [-0.2, -0.15) is 0 Å². The fourth-order valence-electron chi connectivity index (χ4n) is 2.86. The van der Waals surface area contributed by atoms with Crippen LogP contribution in [-0.4, -0.2) is 29.7 Å². The first kappa shape index (κ1) is 16.4. The van der Waals surface area contributed by atoms with Gasteiger partial charge in [-0.15, -0.1) is 0 Å². The lowest BCUT2D eigenvalue weighted by Gasteiger charge is -2.26. The maximum atomic E-state index is 11.9. The Balaban J connectivity index is 2.19. The predicted molar refractivity (Wildman–Crippen MR) is 77.6 cm³/mol. The third kappa shape index (κ3) is 6.92. The average molecular weight is 270 g/mol. The molecule has 0 spiro atoms. The van der Waals surface area contributed by atoms with Crippen molar-refractivity contribution in [3.8, 4) is 0 Å². The van der Waals surface area contributed by atoms with Crippen molar-refractivity contribution in [1.82, 2.24) is 5.32 Å². The van der Waals surface area contributed by atoms with Gasteiger partial charge in [0.1, 0.15) is 0 Å². The monoisotopic (exact) mass is 270 g/mol. The van der Waals surface area contributed by atoms with Gasteiger partial charge < -0.3 is 16.2 Å². The number of nitrogens with two attached hydrogens (primary N) is 1. The highest BCUT2D eigenvalue weighted by Gasteiger charge is 2.20.